The Morgan fingerprint density at radius 1 is 1.29 bits per heavy atom. The third kappa shape index (κ3) is 1.67. The van der Waals surface area contributed by atoms with Gasteiger partial charge in [-0.2, -0.15) is 4.98 Å². The Hall–Kier alpha value is -1.92. The maximum Gasteiger partial charge on any atom is 0.282 e. The zero-order valence-corrected chi connectivity index (χ0v) is 9.39. The number of rotatable bonds is 1. The lowest BCUT2D eigenvalue weighted by Gasteiger charge is -2.21. The van der Waals surface area contributed by atoms with E-state index in [2.05, 4.69) is 20.3 Å². The van der Waals surface area contributed by atoms with Gasteiger partial charge in [0.05, 0.1) is 6.04 Å². The van der Waals surface area contributed by atoms with Crippen LogP contribution in [-0.4, -0.2) is 25.0 Å². The molecule has 1 fully saturated rings. The topological polar surface area (TPSA) is 102 Å². The summed E-state index contributed by atoms with van der Waals surface area (Å²) in [5, 5.41) is 7.94. The van der Waals surface area contributed by atoms with Gasteiger partial charge in [0, 0.05) is 0 Å². The van der Waals surface area contributed by atoms with Crippen LogP contribution < -0.4 is 11.3 Å². The molecule has 0 unspecified atom stereocenters. The normalized spacial score (nSPS) is 17.6. The standard InChI is InChI=1S/C10H14N6O/c11-10-12-8-7(9(17)13-10)14-15-16(8)6-4-2-1-3-5-6/h6H,1-5H2,(H3,11,12,13,17). The van der Waals surface area contributed by atoms with E-state index in [9.17, 15) is 4.79 Å². The van der Waals surface area contributed by atoms with Crippen LogP contribution in [0.5, 0.6) is 0 Å². The van der Waals surface area contributed by atoms with Gasteiger partial charge < -0.3 is 5.73 Å². The molecule has 0 radical (unpaired) electrons. The zero-order valence-electron chi connectivity index (χ0n) is 9.39. The lowest BCUT2D eigenvalue weighted by Crippen LogP contribution is -2.16. The van der Waals surface area contributed by atoms with Crippen LogP contribution in [0.25, 0.3) is 11.2 Å². The number of nitrogens with two attached hydrogens (primary N) is 1. The van der Waals surface area contributed by atoms with Gasteiger partial charge in [0.1, 0.15) is 0 Å². The van der Waals surface area contributed by atoms with E-state index in [0.717, 1.165) is 12.8 Å². The maximum atomic E-state index is 11.6. The summed E-state index contributed by atoms with van der Waals surface area (Å²) in [6.07, 6.45) is 5.76. The first-order chi connectivity index (χ1) is 8.25. The molecule has 2 heterocycles. The predicted molar refractivity (Wildman–Crippen MR) is 62.5 cm³/mol. The van der Waals surface area contributed by atoms with Gasteiger partial charge in [0.15, 0.2) is 11.2 Å². The Bertz CT molecular complexity index is 594. The van der Waals surface area contributed by atoms with E-state index in [4.69, 9.17) is 5.73 Å². The smallest absolute Gasteiger partial charge is 0.282 e. The Labute approximate surface area is 97.0 Å². The summed E-state index contributed by atoms with van der Waals surface area (Å²) in [5.41, 5.74) is 5.99. The molecule has 3 rings (SSSR count). The molecule has 0 bridgehead atoms. The second-order valence-electron chi connectivity index (χ2n) is 4.45. The van der Waals surface area contributed by atoms with Crippen LogP contribution in [0.4, 0.5) is 5.95 Å². The molecular weight excluding hydrogens is 220 g/mol. The highest BCUT2D eigenvalue weighted by Crippen LogP contribution is 2.28. The van der Waals surface area contributed by atoms with E-state index in [1.807, 2.05) is 0 Å². The fraction of sp³-hybridized carbons (Fsp3) is 0.600. The molecule has 1 aliphatic rings. The highest BCUT2D eigenvalue weighted by Gasteiger charge is 2.20. The molecule has 0 atom stereocenters. The summed E-state index contributed by atoms with van der Waals surface area (Å²) in [6.45, 7) is 0. The van der Waals surface area contributed by atoms with E-state index in [1.54, 1.807) is 4.68 Å². The van der Waals surface area contributed by atoms with Crippen molar-refractivity contribution in [3.05, 3.63) is 10.4 Å². The largest absolute Gasteiger partial charge is 0.369 e. The fourth-order valence-electron chi connectivity index (χ4n) is 2.43. The van der Waals surface area contributed by atoms with Crippen molar-refractivity contribution in [2.45, 2.75) is 38.1 Å². The SMILES string of the molecule is Nc1nc2c(nnn2C2CCCCC2)c(=O)[nH]1. The number of nitrogen functional groups attached to an aromatic ring is 1. The highest BCUT2D eigenvalue weighted by atomic mass is 16.1. The molecule has 0 spiro atoms. The van der Waals surface area contributed by atoms with Crippen LogP contribution in [0.2, 0.25) is 0 Å². The monoisotopic (exact) mass is 234 g/mol. The van der Waals surface area contributed by atoms with Crippen LogP contribution in [0.3, 0.4) is 0 Å². The average Bonchev–Trinajstić information content (AvgIpc) is 2.74. The minimum atomic E-state index is -0.324. The molecule has 0 amide bonds. The van der Waals surface area contributed by atoms with Crippen molar-refractivity contribution in [1.29, 1.82) is 0 Å². The molecule has 0 aliphatic heterocycles. The molecule has 3 N–H and O–H groups in total. The first-order valence-corrected chi connectivity index (χ1v) is 5.86. The number of hydrogen-bond acceptors (Lipinski definition) is 5. The van der Waals surface area contributed by atoms with Crippen LogP contribution >= 0.6 is 0 Å². The van der Waals surface area contributed by atoms with Gasteiger partial charge in [-0.25, -0.2) is 4.68 Å². The van der Waals surface area contributed by atoms with E-state index >= 15 is 0 Å². The first kappa shape index (κ1) is 10.2. The first-order valence-electron chi connectivity index (χ1n) is 5.86. The number of aromatic amines is 1. The number of aromatic nitrogens is 5. The lowest BCUT2D eigenvalue weighted by molar-refractivity contribution is 0.330. The van der Waals surface area contributed by atoms with E-state index in [0.29, 0.717) is 11.7 Å². The van der Waals surface area contributed by atoms with Crippen molar-refractivity contribution in [2.24, 2.45) is 0 Å². The highest BCUT2D eigenvalue weighted by molar-refractivity contribution is 5.69. The molecule has 7 heteroatoms. The van der Waals surface area contributed by atoms with Gasteiger partial charge in [0.25, 0.3) is 5.56 Å². The summed E-state index contributed by atoms with van der Waals surface area (Å²) < 4.78 is 1.75. The summed E-state index contributed by atoms with van der Waals surface area (Å²) in [7, 11) is 0. The molecule has 0 saturated heterocycles. The average molecular weight is 234 g/mol. The Kier molecular flexibility index (Phi) is 2.31. The van der Waals surface area contributed by atoms with Gasteiger partial charge in [0.2, 0.25) is 5.95 Å². The zero-order chi connectivity index (χ0) is 11.8. The number of fused-ring (bicyclic) bond motifs is 1. The molecule has 2 aromatic rings. The molecule has 17 heavy (non-hydrogen) atoms. The second-order valence-corrected chi connectivity index (χ2v) is 4.45. The van der Waals surface area contributed by atoms with E-state index < -0.39 is 0 Å². The van der Waals surface area contributed by atoms with Gasteiger partial charge >= 0.3 is 0 Å². The quantitative estimate of drug-likeness (QED) is 0.752. The van der Waals surface area contributed by atoms with Crippen molar-refractivity contribution in [2.75, 3.05) is 5.73 Å². The van der Waals surface area contributed by atoms with Crippen LogP contribution in [0, 0.1) is 0 Å². The lowest BCUT2D eigenvalue weighted by atomic mass is 9.96. The molecule has 7 nitrogen and oxygen atoms in total. The number of hydrogen-bond donors (Lipinski definition) is 2. The third-order valence-electron chi connectivity index (χ3n) is 3.27. The summed E-state index contributed by atoms with van der Waals surface area (Å²) >= 11 is 0. The fourth-order valence-corrected chi connectivity index (χ4v) is 2.43. The predicted octanol–water partition coefficient (Wildman–Crippen LogP) is 0.602. The second kappa shape index (κ2) is 3.83. The molecule has 1 aliphatic carbocycles. The van der Waals surface area contributed by atoms with Crippen molar-refractivity contribution in [1.82, 2.24) is 25.0 Å². The molecule has 2 aromatic heterocycles. The van der Waals surface area contributed by atoms with Crippen LogP contribution in [0.15, 0.2) is 4.79 Å². The summed E-state index contributed by atoms with van der Waals surface area (Å²) in [6, 6.07) is 0.294. The van der Waals surface area contributed by atoms with Crippen molar-refractivity contribution in [3.63, 3.8) is 0 Å². The van der Waals surface area contributed by atoms with Crippen molar-refractivity contribution < 1.29 is 0 Å². The summed E-state index contributed by atoms with van der Waals surface area (Å²) in [5.74, 6) is 0.113. The van der Waals surface area contributed by atoms with Crippen molar-refractivity contribution >= 4 is 17.1 Å². The van der Waals surface area contributed by atoms with E-state index in [-0.39, 0.29) is 17.0 Å². The molecule has 1 saturated carbocycles. The third-order valence-corrected chi connectivity index (χ3v) is 3.27. The Balaban J connectivity index is 2.13. The van der Waals surface area contributed by atoms with Crippen LogP contribution in [0.1, 0.15) is 38.1 Å². The number of nitrogens with one attached hydrogen (secondary N) is 1. The number of H-pyrrole nitrogens is 1. The molecule has 0 aromatic carbocycles. The molecular formula is C10H14N6O. The van der Waals surface area contributed by atoms with Crippen molar-refractivity contribution in [3.8, 4) is 0 Å². The van der Waals surface area contributed by atoms with E-state index in [1.165, 1.54) is 19.3 Å². The minimum absolute atomic E-state index is 0.113. The van der Waals surface area contributed by atoms with Gasteiger partial charge in [-0.3, -0.25) is 9.78 Å². The van der Waals surface area contributed by atoms with Crippen LogP contribution in [-0.2, 0) is 0 Å². The molecule has 90 valence electrons. The minimum Gasteiger partial charge on any atom is -0.369 e. The van der Waals surface area contributed by atoms with Gasteiger partial charge in [-0.05, 0) is 12.8 Å². The summed E-state index contributed by atoms with van der Waals surface area (Å²) in [4.78, 5) is 18.2. The van der Waals surface area contributed by atoms with Gasteiger partial charge in [-0.15, -0.1) is 5.10 Å². The number of anilines is 1. The maximum absolute atomic E-state index is 11.6. The Morgan fingerprint density at radius 2 is 2.06 bits per heavy atom. The Morgan fingerprint density at radius 3 is 2.82 bits per heavy atom. The van der Waals surface area contributed by atoms with Gasteiger partial charge in [-0.1, -0.05) is 24.5 Å². The number of nitrogens with zero attached hydrogens (tertiary/aromatic N) is 4.